The minimum atomic E-state index is -4.86. The van der Waals surface area contributed by atoms with Crippen molar-refractivity contribution in [3.63, 3.8) is 0 Å². The van der Waals surface area contributed by atoms with Crippen LogP contribution in [0.15, 0.2) is 124 Å². The highest BCUT2D eigenvalue weighted by atomic mass is 35.7. The first kappa shape index (κ1) is 71.4. The van der Waals surface area contributed by atoms with Crippen LogP contribution in [0.4, 0.5) is 56.6 Å². The number of benzene rings is 6. The average Bonchev–Trinajstić information content (AvgIpc) is 3.27. The standard InChI is InChI=1S/C14H10Cl2F3N3O3S.C14H8Cl2F3NO4S.C7H3Cl2F3O2S.C7H6ClNO2.2CH4/c15-7-1-3-9(13(23)21-20)12(5-7)22-26(24,25)8-2-4-11(16)10(6-8)14(17,18)19;15-7-1-3-9(13(21)22)12(5-7)20-25(23,24)8-2-4-11(16)10(6-8)14(17,18)19;8-6-2-1-4(15(9,13)14)3-5(6)7(10,11)12;8-4-1-2-5(7(10)11)6(9)3-4;;/h1-6,22H,20H2,(H,21,23);1-6,20H,(H,21,22);1-3H;1-3H,9H2,(H,10,11);2*1H4. The van der Waals surface area contributed by atoms with E-state index in [1.54, 1.807) is 0 Å². The number of anilines is 3. The van der Waals surface area contributed by atoms with Crippen LogP contribution in [0.1, 0.15) is 62.6 Å². The molecule has 432 valence electrons. The van der Waals surface area contributed by atoms with Crippen LogP contribution in [0.25, 0.3) is 0 Å². The van der Waals surface area contributed by atoms with Gasteiger partial charge >= 0.3 is 30.5 Å². The molecular weight excluding hydrogens is 1290 g/mol. The van der Waals surface area contributed by atoms with Crippen LogP contribution < -0.4 is 26.4 Å². The molecule has 0 heterocycles. The van der Waals surface area contributed by atoms with Crippen LogP contribution in [0.3, 0.4) is 0 Å². The number of rotatable bonds is 10. The van der Waals surface area contributed by atoms with E-state index in [9.17, 15) is 79.2 Å². The van der Waals surface area contributed by atoms with E-state index in [4.69, 9.17) is 102 Å². The van der Waals surface area contributed by atoms with Crippen LogP contribution in [0.2, 0.25) is 30.1 Å². The number of carbonyl (C=O) groups is 3. The third kappa shape index (κ3) is 20.4. The first-order valence-corrected chi connectivity index (χ1v) is 26.9. The van der Waals surface area contributed by atoms with Gasteiger partial charge in [-0.15, -0.1) is 0 Å². The lowest BCUT2D eigenvalue weighted by atomic mass is 10.2. The third-order valence-electron chi connectivity index (χ3n) is 8.93. The number of hydrogen-bond acceptors (Lipinski definition) is 11. The van der Waals surface area contributed by atoms with Gasteiger partial charge in [0.05, 0.1) is 74.5 Å². The van der Waals surface area contributed by atoms with Crippen molar-refractivity contribution in [2.75, 3.05) is 15.2 Å². The molecule has 0 aliphatic carbocycles. The average molecular weight is 1330 g/mol. The van der Waals surface area contributed by atoms with Gasteiger partial charge in [0.2, 0.25) is 0 Å². The SMILES string of the molecule is C.C.NNC(=O)c1ccc(Cl)cc1NS(=O)(=O)c1ccc(Cl)c(C(F)(F)F)c1.Nc1cc(Cl)ccc1C(=O)O.O=C(O)c1ccc(Cl)cc1NS(=O)(=O)c1ccc(Cl)c(C(F)(F)F)c1.O=S(=O)(Cl)c1ccc(Cl)c(C(F)(F)F)c1. The first-order valence-electron chi connectivity index (χ1n) is 19.3. The summed E-state index contributed by atoms with van der Waals surface area (Å²) in [6.45, 7) is 0. The predicted octanol–water partition coefficient (Wildman–Crippen LogP) is 14.1. The zero-order valence-electron chi connectivity index (χ0n) is 36.9. The van der Waals surface area contributed by atoms with Crippen LogP contribution in [-0.4, -0.2) is 53.3 Å². The van der Waals surface area contributed by atoms with Gasteiger partial charge < -0.3 is 15.9 Å². The first-order chi connectivity index (χ1) is 35.1. The number of nitrogens with one attached hydrogen (secondary N) is 3. The van der Waals surface area contributed by atoms with Gasteiger partial charge in [-0.05, 0) is 109 Å². The molecule has 0 aliphatic rings. The zero-order valence-corrected chi connectivity index (χ0v) is 44.6. The Labute approximate surface area is 477 Å². The lowest BCUT2D eigenvalue weighted by molar-refractivity contribution is -0.138. The number of carboxylic acids is 2. The Balaban J connectivity index is 0.000000548. The van der Waals surface area contributed by atoms with Crippen molar-refractivity contribution in [2.45, 2.75) is 48.1 Å². The molecule has 0 fully saturated rings. The smallest absolute Gasteiger partial charge is 0.417 e. The monoisotopic (exact) mass is 1320 g/mol. The summed E-state index contributed by atoms with van der Waals surface area (Å²) in [7, 11) is -8.29. The predicted molar refractivity (Wildman–Crippen MR) is 282 cm³/mol. The number of hydrazine groups is 1. The van der Waals surface area contributed by atoms with Crippen molar-refractivity contribution in [2.24, 2.45) is 5.84 Å². The highest BCUT2D eigenvalue weighted by molar-refractivity contribution is 8.13. The Hall–Kier alpha value is -5.66. The number of hydrogen-bond donors (Lipinski definition) is 7. The van der Waals surface area contributed by atoms with Gasteiger partial charge in [-0.1, -0.05) is 84.5 Å². The van der Waals surface area contributed by atoms with E-state index in [-0.39, 0.29) is 53.1 Å². The quantitative estimate of drug-likeness (QED) is 0.0168. The maximum Gasteiger partial charge on any atom is 0.417 e. The Morgan fingerprint density at radius 3 is 1.08 bits per heavy atom. The molecule has 35 heteroatoms. The molecule has 0 unspecified atom stereocenters. The van der Waals surface area contributed by atoms with Gasteiger partial charge in [-0.25, -0.2) is 40.7 Å². The molecule has 0 radical (unpaired) electrons. The third-order valence-corrected chi connectivity index (χ3v) is 14.7. The lowest BCUT2D eigenvalue weighted by Gasteiger charge is -2.14. The number of nitrogens with two attached hydrogens (primary N) is 2. The van der Waals surface area contributed by atoms with Crippen molar-refractivity contribution in [3.05, 3.63) is 173 Å². The Kier molecular flexibility index (Phi) is 25.4. The Morgan fingerprint density at radius 2 is 0.759 bits per heavy atom. The van der Waals surface area contributed by atoms with Crippen molar-refractivity contribution < 1.29 is 89.4 Å². The number of carboxylic acid groups (broad SMARTS) is 2. The van der Waals surface area contributed by atoms with E-state index >= 15 is 0 Å². The number of aromatic carboxylic acids is 2. The van der Waals surface area contributed by atoms with Crippen LogP contribution in [-0.2, 0) is 47.6 Å². The highest BCUT2D eigenvalue weighted by Crippen LogP contribution is 2.39. The van der Waals surface area contributed by atoms with Gasteiger partial charge in [0.1, 0.15) is 0 Å². The molecule has 0 bridgehead atoms. The molecule has 9 N–H and O–H groups in total. The lowest BCUT2D eigenvalue weighted by Crippen LogP contribution is -2.31. The second-order valence-corrected chi connectivity index (χ2v) is 22.7. The summed E-state index contributed by atoms with van der Waals surface area (Å²) in [6, 6.07) is 17.5. The highest BCUT2D eigenvalue weighted by Gasteiger charge is 2.37. The fraction of sp³-hybridized carbons (Fsp3) is 0.114. The number of nitrogen functional groups attached to an aromatic ring is 2. The molecule has 79 heavy (non-hydrogen) atoms. The summed E-state index contributed by atoms with van der Waals surface area (Å²) in [4.78, 5) is 31.2. The van der Waals surface area contributed by atoms with Crippen LogP contribution in [0.5, 0.6) is 0 Å². The molecule has 0 saturated carbocycles. The Bertz CT molecular complexity index is 3580. The fourth-order valence-corrected chi connectivity index (χ4v) is 9.62. The van der Waals surface area contributed by atoms with Gasteiger partial charge in [0.15, 0.2) is 0 Å². The topological polar surface area (TPSA) is 282 Å². The number of carbonyl (C=O) groups excluding carboxylic acids is 1. The number of amides is 1. The van der Waals surface area contributed by atoms with Gasteiger partial charge in [0, 0.05) is 31.4 Å². The van der Waals surface area contributed by atoms with E-state index in [2.05, 4.69) is 0 Å². The summed E-state index contributed by atoms with van der Waals surface area (Å²) in [5, 5.41) is 16.3. The number of sulfonamides is 2. The van der Waals surface area contributed by atoms with E-state index in [1.165, 1.54) is 36.4 Å². The van der Waals surface area contributed by atoms with Crippen LogP contribution >= 0.6 is 80.3 Å². The van der Waals surface area contributed by atoms with Gasteiger partial charge in [-0.3, -0.25) is 19.7 Å². The summed E-state index contributed by atoms with van der Waals surface area (Å²) in [5.74, 6) is 1.71. The maximum atomic E-state index is 12.9. The molecule has 0 saturated heterocycles. The zero-order chi connectivity index (χ0) is 59.0. The maximum absolute atomic E-state index is 12.9. The van der Waals surface area contributed by atoms with Crippen molar-refractivity contribution in [3.8, 4) is 0 Å². The molecule has 1 amide bonds. The van der Waals surface area contributed by atoms with Crippen LogP contribution in [0, 0.1) is 0 Å². The van der Waals surface area contributed by atoms with E-state index in [1.807, 2.05) is 14.9 Å². The molecule has 0 spiro atoms. The van der Waals surface area contributed by atoms with Gasteiger partial charge in [0.25, 0.3) is 35.0 Å². The molecular formula is C44H35Cl7F9N5O11S3. The summed E-state index contributed by atoms with van der Waals surface area (Å²) in [5.41, 5.74) is 2.33. The van der Waals surface area contributed by atoms with E-state index in [0.717, 1.165) is 54.6 Å². The summed E-state index contributed by atoms with van der Waals surface area (Å²) >= 11 is 33.2. The number of halogens is 16. The second kappa shape index (κ2) is 28.2. The normalized spacial score (nSPS) is 11.5. The largest absolute Gasteiger partial charge is 0.478 e. The molecule has 6 aromatic carbocycles. The molecule has 0 aliphatic heterocycles. The molecule has 0 atom stereocenters. The summed E-state index contributed by atoms with van der Waals surface area (Å²) in [6.07, 6.45) is -14.4. The van der Waals surface area contributed by atoms with E-state index < -0.39 is 117 Å². The minimum absolute atomic E-state index is 0. The molecule has 0 aromatic heterocycles. The van der Waals surface area contributed by atoms with Crippen molar-refractivity contribution >= 4 is 144 Å². The molecule has 6 rings (SSSR count). The van der Waals surface area contributed by atoms with Gasteiger partial charge in [-0.2, -0.15) is 39.5 Å². The molecule has 6 aromatic rings. The van der Waals surface area contributed by atoms with E-state index in [0.29, 0.717) is 23.2 Å². The minimum Gasteiger partial charge on any atom is -0.478 e. The Morgan fingerprint density at radius 1 is 0.456 bits per heavy atom. The fourth-order valence-electron chi connectivity index (χ4n) is 5.45. The molecule has 16 nitrogen and oxygen atoms in total. The summed E-state index contributed by atoms with van der Waals surface area (Å²) < 4.78 is 189. The van der Waals surface area contributed by atoms with Crippen molar-refractivity contribution in [1.29, 1.82) is 0 Å². The second-order valence-electron chi connectivity index (χ2n) is 14.3. The number of alkyl halides is 9. The van der Waals surface area contributed by atoms with Crippen molar-refractivity contribution in [1.82, 2.24) is 5.43 Å².